The van der Waals surface area contributed by atoms with Gasteiger partial charge in [0.1, 0.15) is 0 Å². The van der Waals surface area contributed by atoms with E-state index in [1.807, 2.05) is 0 Å². The second-order valence-electron chi connectivity index (χ2n) is 12.0. The van der Waals surface area contributed by atoms with Crippen LogP contribution in [0.25, 0.3) is 43.4 Å². The van der Waals surface area contributed by atoms with Crippen molar-refractivity contribution in [1.82, 2.24) is 0 Å². The zero-order valence-corrected chi connectivity index (χ0v) is 24.4. The zero-order chi connectivity index (χ0) is 28.6. The van der Waals surface area contributed by atoms with Crippen LogP contribution in [0.5, 0.6) is 0 Å². The molecule has 1 aliphatic rings. The van der Waals surface area contributed by atoms with E-state index in [0.717, 1.165) is 0 Å². The van der Waals surface area contributed by atoms with Gasteiger partial charge in [0, 0.05) is 16.9 Å². The molecule has 0 radical (unpaired) electrons. The van der Waals surface area contributed by atoms with Crippen molar-refractivity contribution in [3.63, 3.8) is 0 Å². The van der Waals surface area contributed by atoms with E-state index in [9.17, 15) is 0 Å². The fraction of sp³-hybridized carbons (Fsp3) is 0.143. The van der Waals surface area contributed by atoms with Crippen molar-refractivity contribution in [1.29, 1.82) is 0 Å². The van der Waals surface area contributed by atoms with Gasteiger partial charge in [-0.2, -0.15) is 0 Å². The molecule has 0 bridgehead atoms. The highest BCUT2D eigenvalue weighted by Crippen LogP contribution is 2.45. The molecule has 0 N–H and O–H groups in total. The van der Waals surface area contributed by atoms with E-state index in [1.165, 1.54) is 98.2 Å². The highest BCUT2D eigenvalue weighted by molar-refractivity contribution is 6.07. The summed E-state index contributed by atoms with van der Waals surface area (Å²) >= 11 is 0. The average Bonchev–Trinajstić information content (AvgIpc) is 3.08. The van der Waals surface area contributed by atoms with Crippen LogP contribution < -0.4 is 4.90 Å². The van der Waals surface area contributed by atoms with Crippen molar-refractivity contribution in [2.45, 2.75) is 38.0 Å². The SMILES string of the molecule is c1ccc2cc(-c3c(N(c4ccc(C5CCCCC5)cc4)c4ccc5ccccc5c4)ccc4ccccc34)ccc2c1. The molecule has 0 amide bonds. The second-order valence-corrected chi connectivity index (χ2v) is 12.0. The van der Waals surface area contributed by atoms with E-state index in [4.69, 9.17) is 0 Å². The Labute approximate surface area is 254 Å². The number of benzene rings is 7. The topological polar surface area (TPSA) is 3.24 Å². The van der Waals surface area contributed by atoms with Crippen molar-refractivity contribution < 1.29 is 0 Å². The number of hydrogen-bond acceptors (Lipinski definition) is 1. The first-order valence-corrected chi connectivity index (χ1v) is 15.7. The standard InChI is InChI=1S/C42H35N/c1-2-10-30(11-3-1)33-20-24-38(25-21-33)43(39-26-22-32-13-5-7-16-36(32)29-39)41-27-23-34-14-8-9-17-40(34)42(41)37-19-18-31-12-4-6-15-35(31)28-37/h4-9,12-30H,1-3,10-11H2. The first kappa shape index (κ1) is 25.8. The third kappa shape index (κ3) is 4.85. The first-order valence-electron chi connectivity index (χ1n) is 15.7. The van der Waals surface area contributed by atoms with Gasteiger partial charge < -0.3 is 4.90 Å². The Hall–Kier alpha value is -4.88. The summed E-state index contributed by atoms with van der Waals surface area (Å²) in [6.07, 6.45) is 6.70. The van der Waals surface area contributed by atoms with Gasteiger partial charge >= 0.3 is 0 Å². The van der Waals surface area contributed by atoms with Crippen LogP contribution in [0.1, 0.15) is 43.6 Å². The highest BCUT2D eigenvalue weighted by Gasteiger charge is 2.21. The lowest BCUT2D eigenvalue weighted by atomic mass is 9.84. The van der Waals surface area contributed by atoms with Crippen molar-refractivity contribution in [3.8, 4) is 11.1 Å². The monoisotopic (exact) mass is 553 g/mol. The van der Waals surface area contributed by atoms with E-state index in [0.29, 0.717) is 5.92 Å². The van der Waals surface area contributed by atoms with Crippen LogP contribution in [-0.4, -0.2) is 0 Å². The molecule has 1 saturated carbocycles. The van der Waals surface area contributed by atoms with Gasteiger partial charge in [-0.3, -0.25) is 0 Å². The quantitative estimate of drug-likeness (QED) is 0.205. The molecule has 1 aliphatic carbocycles. The van der Waals surface area contributed by atoms with Crippen molar-refractivity contribution in [2.75, 3.05) is 4.90 Å². The summed E-state index contributed by atoms with van der Waals surface area (Å²) in [6, 6.07) is 53.9. The minimum absolute atomic E-state index is 0.686. The number of anilines is 3. The van der Waals surface area contributed by atoms with Crippen LogP contribution in [0.4, 0.5) is 17.1 Å². The zero-order valence-electron chi connectivity index (χ0n) is 24.4. The molecule has 1 heteroatoms. The molecule has 0 aliphatic heterocycles. The Balaban J connectivity index is 1.36. The Bertz CT molecular complexity index is 2060. The molecule has 8 rings (SSSR count). The molecular formula is C42H35N. The number of fused-ring (bicyclic) bond motifs is 3. The van der Waals surface area contributed by atoms with Crippen LogP contribution in [0.2, 0.25) is 0 Å². The van der Waals surface area contributed by atoms with Crippen LogP contribution >= 0.6 is 0 Å². The molecule has 0 spiro atoms. The maximum atomic E-state index is 2.47. The van der Waals surface area contributed by atoms with E-state index < -0.39 is 0 Å². The lowest BCUT2D eigenvalue weighted by molar-refractivity contribution is 0.443. The van der Waals surface area contributed by atoms with Gasteiger partial charge in [0.25, 0.3) is 0 Å². The van der Waals surface area contributed by atoms with Gasteiger partial charge in [-0.1, -0.05) is 128 Å². The van der Waals surface area contributed by atoms with E-state index >= 15 is 0 Å². The van der Waals surface area contributed by atoms with Crippen molar-refractivity contribution in [3.05, 3.63) is 151 Å². The smallest absolute Gasteiger partial charge is 0.0546 e. The van der Waals surface area contributed by atoms with Gasteiger partial charge in [0.05, 0.1) is 5.69 Å². The van der Waals surface area contributed by atoms with Gasteiger partial charge in [0.2, 0.25) is 0 Å². The van der Waals surface area contributed by atoms with E-state index in [-0.39, 0.29) is 0 Å². The first-order chi connectivity index (χ1) is 21.3. The van der Waals surface area contributed by atoms with Gasteiger partial charge in [-0.25, -0.2) is 0 Å². The molecule has 0 unspecified atom stereocenters. The molecule has 0 aromatic heterocycles. The summed E-state index contributed by atoms with van der Waals surface area (Å²) in [5.74, 6) is 0.686. The van der Waals surface area contributed by atoms with Crippen LogP contribution in [0.3, 0.4) is 0 Å². The summed E-state index contributed by atoms with van der Waals surface area (Å²) < 4.78 is 0. The fourth-order valence-corrected chi connectivity index (χ4v) is 7.17. The largest absolute Gasteiger partial charge is 0.310 e. The summed E-state index contributed by atoms with van der Waals surface area (Å²) in [6.45, 7) is 0. The summed E-state index contributed by atoms with van der Waals surface area (Å²) in [5.41, 5.74) is 7.52. The third-order valence-electron chi connectivity index (χ3n) is 9.41. The lowest BCUT2D eigenvalue weighted by Gasteiger charge is -2.30. The lowest BCUT2D eigenvalue weighted by Crippen LogP contribution is -2.12. The minimum atomic E-state index is 0.686. The molecule has 43 heavy (non-hydrogen) atoms. The van der Waals surface area contributed by atoms with E-state index in [2.05, 4.69) is 150 Å². The maximum absolute atomic E-state index is 2.47. The van der Waals surface area contributed by atoms with Gasteiger partial charge in [-0.05, 0) is 98.6 Å². The molecule has 7 aromatic rings. The highest BCUT2D eigenvalue weighted by atomic mass is 15.1. The maximum Gasteiger partial charge on any atom is 0.0546 e. The fourth-order valence-electron chi connectivity index (χ4n) is 7.17. The summed E-state index contributed by atoms with van der Waals surface area (Å²) in [5, 5.41) is 7.54. The molecule has 0 saturated heterocycles. The number of hydrogen-bond donors (Lipinski definition) is 0. The Kier molecular flexibility index (Phi) is 6.65. The van der Waals surface area contributed by atoms with E-state index in [1.54, 1.807) is 0 Å². The summed E-state index contributed by atoms with van der Waals surface area (Å²) in [7, 11) is 0. The van der Waals surface area contributed by atoms with Crippen molar-refractivity contribution >= 4 is 49.4 Å². The van der Waals surface area contributed by atoms with Crippen molar-refractivity contribution in [2.24, 2.45) is 0 Å². The molecule has 1 nitrogen and oxygen atoms in total. The van der Waals surface area contributed by atoms with Crippen LogP contribution in [-0.2, 0) is 0 Å². The second kappa shape index (κ2) is 11.1. The summed E-state index contributed by atoms with van der Waals surface area (Å²) in [4.78, 5) is 2.47. The van der Waals surface area contributed by atoms with Crippen LogP contribution in [0.15, 0.2) is 146 Å². The predicted molar refractivity (Wildman–Crippen MR) is 185 cm³/mol. The minimum Gasteiger partial charge on any atom is -0.310 e. The van der Waals surface area contributed by atoms with Crippen LogP contribution in [0, 0.1) is 0 Å². The van der Waals surface area contributed by atoms with Gasteiger partial charge in [0.15, 0.2) is 0 Å². The molecule has 7 aromatic carbocycles. The Morgan fingerprint density at radius 1 is 0.442 bits per heavy atom. The average molecular weight is 554 g/mol. The molecule has 0 heterocycles. The number of nitrogens with zero attached hydrogens (tertiary/aromatic N) is 1. The third-order valence-corrected chi connectivity index (χ3v) is 9.41. The molecule has 208 valence electrons. The molecule has 0 atom stereocenters. The van der Waals surface area contributed by atoms with Gasteiger partial charge in [-0.15, -0.1) is 0 Å². The molecular weight excluding hydrogens is 518 g/mol. The Morgan fingerprint density at radius 2 is 1.02 bits per heavy atom. The number of rotatable bonds is 5. The normalized spacial score (nSPS) is 14.0. The molecule has 1 fully saturated rings. The Morgan fingerprint density at radius 3 is 1.77 bits per heavy atom. The predicted octanol–water partition coefficient (Wildman–Crippen LogP) is 12.3.